The van der Waals surface area contributed by atoms with E-state index in [1.807, 2.05) is 53.9 Å². The normalized spacial score (nSPS) is 11.4. The summed E-state index contributed by atoms with van der Waals surface area (Å²) in [4.78, 5) is 18.7. The van der Waals surface area contributed by atoms with Gasteiger partial charge in [0.05, 0.1) is 30.2 Å². The fourth-order valence-corrected chi connectivity index (χ4v) is 4.09. The Morgan fingerprint density at radius 3 is 2.68 bits per heavy atom. The number of likely N-dealkylation sites (N-methyl/N-ethyl adjacent to an activating group) is 1. The molecular weight excluding hydrogens is 471 g/mol. The molecule has 3 heterocycles. The zero-order chi connectivity index (χ0) is 25.9. The Labute approximate surface area is 213 Å². The Bertz CT molecular complexity index is 1570. The summed E-state index contributed by atoms with van der Waals surface area (Å²) in [6.45, 7) is 1.69. The lowest BCUT2D eigenvalue weighted by Crippen LogP contribution is -2.18. The van der Waals surface area contributed by atoms with Gasteiger partial charge in [0.1, 0.15) is 23.8 Å². The number of nitrogens with two attached hydrogens (primary N) is 1. The first-order valence-electron chi connectivity index (χ1n) is 11.8. The van der Waals surface area contributed by atoms with E-state index in [-0.39, 0.29) is 23.7 Å². The second kappa shape index (κ2) is 10.2. The summed E-state index contributed by atoms with van der Waals surface area (Å²) in [5.41, 5.74) is 10.6. The lowest BCUT2D eigenvalue weighted by molar-refractivity contribution is 0.0996. The Morgan fingerprint density at radius 2 is 1.89 bits per heavy atom. The fraction of sp³-hybridized carbons (Fsp3) is 0.179. The van der Waals surface area contributed by atoms with E-state index in [4.69, 9.17) is 10.5 Å². The quantitative estimate of drug-likeness (QED) is 0.328. The van der Waals surface area contributed by atoms with Gasteiger partial charge < -0.3 is 15.4 Å². The number of fused-ring (bicyclic) bond motifs is 1. The van der Waals surface area contributed by atoms with Crippen LogP contribution in [-0.4, -0.2) is 50.6 Å². The van der Waals surface area contributed by atoms with E-state index in [0.29, 0.717) is 5.56 Å². The molecule has 2 aromatic carbocycles. The molecule has 188 valence electrons. The van der Waals surface area contributed by atoms with E-state index in [1.165, 1.54) is 6.07 Å². The van der Waals surface area contributed by atoms with Gasteiger partial charge in [-0.1, -0.05) is 24.3 Å². The third-order valence-corrected chi connectivity index (χ3v) is 6.14. The number of amides is 1. The lowest BCUT2D eigenvalue weighted by Gasteiger charge is -2.12. The van der Waals surface area contributed by atoms with Crippen molar-refractivity contribution in [1.82, 2.24) is 24.1 Å². The van der Waals surface area contributed by atoms with Crippen LogP contribution in [0, 0.1) is 5.82 Å². The van der Waals surface area contributed by atoms with Gasteiger partial charge in [0.25, 0.3) is 5.91 Å². The SMILES string of the molecule is CN(C)CCn1cc(-c2ccn3c(-c4ccc(C(N)=O)c(OCc5ccccc5F)c4)cnc3c2)cn1. The summed E-state index contributed by atoms with van der Waals surface area (Å²) in [7, 11) is 4.07. The predicted molar refractivity (Wildman–Crippen MR) is 140 cm³/mol. The minimum absolute atomic E-state index is 0.0326. The maximum atomic E-state index is 14.1. The van der Waals surface area contributed by atoms with Crippen molar-refractivity contribution in [3.05, 3.63) is 96.3 Å². The molecule has 5 aromatic rings. The van der Waals surface area contributed by atoms with Crippen molar-refractivity contribution < 1.29 is 13.9 Å². The zero-order valence-corrected chi connectivity index (χ0v) is 20.6. The molecule has 0 aliphatic carbocycles. The summed E-state index contributed by atoms with van der Waals surface area (Å²) in [6, 6.07) is 15.5. The third kappa shape index (κ3) is 5.22. The molecule has 0 bridgehead atoms. The van der Waals surface area contributed by atoms with Gasteiger partial charge in [0.2, 0.25) is 0 Å². The van der Waals surface area contributed by atoms with Gasteiger partial charge in [0, 0.05) is 35.6 Å². The van der Waals surface area contributed by atoms with Gasteiger partial charge in [-0.2, -0.15) is 5.10 Å². The second-order valence-corrected chi connectivity index (χ2v) is 9.04. The highest BCUT2D eigenvalue weighted by atomic mass is 19.1. The van der Waals surface area contributed by atoms with Crippen molar-refractivity contribution in [3.8, 4) is 28.1 Å². The number of primary amides is 1. The van der Waals surface area contributed by atoms with E-state index >= 15 is 0 Å². The first kappa shape index (κ1) is 24.2. The number of halogens is 1. The molecule has 0 unspecified atom stereocenters. The molecule has 0 aliphatic heterocycles. The standard InChI is InChI=1S/C28H27FN6O2/c1-33(2)11-12-34-17-22(15-32-34)19-9-10-35-25(16-31-27(35)14-19)20-7-8-23(28(30)36)26(13-20)37-18-21-5-3-4-6-24(21)29/h3-10,13-17H,11-12,18H2,1-2H3,(H2,30,36). The summed E-state index contributed by atoms with van der Waals surface area (Å²) < 4.78 is 23.8. The molecule has 0 fully saturated rings. The summed E-state index contributed by atoms with van der Waals surface area (Å²) in [6.07, 6.45) is 7.60. The number of rotatable bonds is 9. The fourth-order valence-electron chi connectivity index (χ4n) is 4.09. The molecule has 2 N–H and O–H groups in total. The molecule has 0 saturated heterocycles. The highest BCUT2D eigenvalue weighted by Gasteiger charge is 2.15. The molecule has 0 aliphatic rings. The number of imidazole rings is 1. The minimum atomic E-state index is -0.621. The average molecular weight is 499 g/mol. The molecule has 3 aromatic heterocycles. The lowest BCUT2D eigenvalue weighted by atomic mass is 10.1. The first-order chi connectivity index (χ1) is 17.9. The number of pyridine rings is 1. The van der Waals surface area contributed by atoms with Crippen molar-refractivity contribution >= 4 is 11.6 Å². The molecular formula is C28H27FN6O2. The van der Waals surface area contributed by atoms with Gasteiger partial charge >= 0.3 is 0 Å². The van der Waals surface area contributed by atoms with Crippen LogP contribution in [0.15, 0.2) is 79.4 Å². The van der Waals surface area contributed by atoms with E-state index < -0.39 is 5.91 Å². The van der Waals surface area contributed by atoms with Crippen molar-refractivity contribution in [2.45, 2.75) is 13.2 Å². The summed E-state index contributed by atoms with van der Waals surface area (Å²) in [5.74, 6) is -0.714. The van der Waals surface area contributed by atoms with Gasteiger partial charge in [-0.3, -0.25) is 13.9 Å². The Kier molecular flexibility index (Phi) is 6.70. The Balaban J connectivity index is 1.43. The smallest absolute Gasteiger partial charge is 0.252 e. The highest BCUT2D eigenvalue weighted by Crippen LogP contribution is 2.30. The number of nitrogens with zero attached hydrogens (tertiary/aromatic N) is 5. The molecule has 1 amide bonds. The molecule has 5 rings (SSSR count). The third-order valence-electron chi connectivity index (χ3n) is 6.14. The molecule has 9 heteroatoms. The topological polar surface area (TPSA) is 90.7 Å². The van der Waals surface area contributed by atoms with Crippen LogP contribution in [0.4, 0.5) is 4.39 Å². The van der Waals surface area contributed by atoms with Crippen LogP contribution in [0.3, 0.4) is 0 Å². The average Bonchev–Trinajstić information content (AvgIpc) is 3.53. The number of ether oxygens (including phenoxy) is 1. The van der Waals surface area contributed by atoms with Crippen LogP contribution in [0.5, 0.6) is 5.75 Å². The summed E-state index contributed by atoms with van der Waals surface area (Å²) >= 11 is 0. The van der Waals surface area contributed by atoms with Crippen molar-refractivity contribution in [1.29, 1.82) is 0 Å². The van der Waals surface area contributed by atoms with Crippen LogP contribution in [0.1, 0.15) is 15.9 Å². The van der Waals surface area contributed by atoms with Crippen molar-refractivity contribution in [2.24, 2.45) is 5.73 Å². The highest BCUT2D eigenvalue weighted by molar-refractivity contribution is 5.96. The van der Waals surface area contributed by atoms with E-state index in [9.17, 15) is 9.18 Å². The number of benzene rings is 2. The molecule has 8 nitrogen and oxygen atoms in total. The number of hydrogen-bond acceptors (Lipinski definition) is 5. The van der Waals surface area contributed by atoms with Gasteiger partial charge in [-0.15, -0.1) is 0 Å². The van der Waals surface area contributed by atoms with Gasteiger partial charge in [-0.25, -0.2) is 9.37 Å². The molecule has 0 radical (unpaired) electrons. The number of carbonyl (C=O) groups excluding carboxylic acids is 1. The maximum Gasteiger partial charge on any atom is 0.252 e. The monoisotopic (exact) mass is 498 g/mol. The number of carbonyl (C=O) groups is 1. The van der Waals surface area contributed by atoms with E-state index in [1.54, 1.807) is 42.6 Å². The molecule has 0 spiro atoms. The predicted octanol–water partition coefficient (Wildman–Crippen LogP) is 4.24. The summed E-state index contributed by atoms with van der Waals surface area (Å²) in [5, 5.41) is 4.46. The minimum Gasteiger partial charge on any atom is -0.488 e. The second-order valence-electron chi connectivity index (χ2n) is 9.04. The van der Waals surface area contributed by atoms with E-state index in [0.717, 1.165) is 41.1 Å². The Morgan fingerprint density at radius 1 is 1.05 bits per heavy atom. The Hall–Kier alpha value is -4.50. The van der Waals surface area contributed by atoms with Gasteiger partial charge in [0.15, 0.2) is 0 Å². The van der Waals surface area contributed by atoms with E-state index in [2.05, 4.69) is 15.0 Å². The van der Waals surface area contributed by atoms with Gasteiger partial charge in [-0.05, 0) is 50.0 Å². The zero-order valence-electron chi connectivity index (χ0n) is 20.6. The van der Waals surface area contributed by atoms with Crippen LogP contribution < -0.4 is 10.5 Å². The first-order valence-corrected chi connectivity index (χ1v) is 11.8. The van der Waals surface area contributed by atoms with Crippen LogP contribution in [0.2, 0.25) is 0 Å². The van der Waals surface area contributed by atoms with Crippen LogP contribution in [-0.2, 0) is 13.2 Å². The number of hydrogen-bond donors (Lipinski definition) is 1. The van der Waals surface area contributed by atoms with Crippen molar-refractivity contribution in [3.63, 3.8) is 0 Å². The largest absolute Gasteiger partial charge is 0.488 e. The molecule has 37 heavy (non-hydrogen) atoms. The number of aromatic nitrogens is 4. The molecule has 0 saturated carbocycles. The molecule has 0 atom stereocenters. The van der Waals surface area contributed by atoms with Crippen molar-refractivity contribution in [2.75, 3.05) is 20.6 Å². The van der Waals surface area contributed by atoms with Crippen LogP contribution in [0.25, 0.3) is 28.0 Å². The maximum absolute atomic E-state index is 14.1. The van der Waals surface area contributed by atoms with Crippen LogP contribution >= 0.6 is 0 Å².